The first-order valence-corrected chi connectivity index (χ1v) is 9.25. The van der Waals surface area contributed by atoms with Gasteiger partial charge >= 0.3 is 0 Å². The molecule has 2 aromatic heterocycles. The molecule has 3 nitrogen and oxygen atoms in total. The second-order valence-corrected chi connectivity index (χ2v) is 7.69. The van der Waals surface area contributed by atoms with Crippen LogP contribution >= 0.6 is 27.3 Å². The third kappa shape index (κ3) is 3.15. The zero-order valence-electron chi connectivity index (χ0n) is 13.3. The number of benzene rings is 2. The fourth-order valence-corrected chi connectivity index (χ4v) is 4.05. The quantitative estimate of drug-likeness (QED) is 0.427. The lowest BCUT2D eigenvalue weighted by Gasteiger charge is -2.09. The van der Waals surface area contributed by atoms with Gasteiger partial charge in [0.15, 0.2) is 0 Å². The van der Waals surface area contributed by atoms with Crippen LogP contribution in [0.25, 0.3) is 21.3 Å². The van der Waals surface area contributed by atoms with E-state index in [1.54, 1.807) is 29.8 Å². The molecule has 124 valence electrons. The van der Waals surface area contributed by atoms with Crippen LogP contribution in [-0.4, -0.2) is 9.97 Å². The van der Waals surface area contributed by atoms with Gasteiger partial charge in [0.2, 0.25) is 0 Å². The Morgan fingerprint density at radius 3 is 2.44 bits per heavy atom. The highest BCUT2D eigenvalue weighted by Crippen LogP contribution is 2.41. The van der Waals surface area contributed by atoms with E-state index in [0.29, 0.717) is 0 Å². The molecule has 0 saturated heterocycles. The van der Waals surface area contributed by atoms with Crippen molar-refractivity contribution in [2.45, 2.75) is 6.92 Å². The summed E-state index contributed by atoms with van der Waals surface area (Å²) in [7, 11) is 0. The summed E-state index contributed by atoms with van der Waals surface area (Å²) in [4.78, 5) is 10.9. The Balaban J connectivity index is 1.87. The molecule has 0 radical (unpaired) electrons. The molecule has 0 atom stereocenters. The minimum atomic E-state index is -0.264. The van der Waals surface area contributed by atoms with E-state index in [-0.39, 0.29) is 5.82 Å². The summed E-state index contributed by atoms with van der Waals surface area (Å²) in [6.45, 7) is 2.09. The molecule has 0 amide bonds. The fourth-order valence-electron chi connectivity index (χ4n) is 2.77. The molecule has 0 saturated carbocycles. The zero-order chi connectivity index (χ0) is 17.4. The Hall–Kier alpha value is -2.31. The number of aromatic nitrogens is 2. The lowest BCUT2D eigenvalue weighted by Crippen LogP contribution is -1.95. The summed E-state index contributed by atoms with van der Waals surface area (Å²) >= 11 is 5.12. The molecule has 0 unspecified atom stereocenters. The van der Waals surface area contributed by atoms with Crippen molar-refractivity contribution in [2.75, 3.05) is 5.32 Å². The largest absolute Gasteiger partial charge is 0.340 e. The smallest absolute Gasteiger partial charge is 0.143 e. The standard InChI is InChI=1S/C19H13BrFN3S/c1-11-16(12-2-4-13(20)5-3-12)17-18(22-10-23-19(17)25-11)24-15-8-6-14(21)7-9-15/h2-10H,1H3,(H,22,23,24). The van der Waals surface area contributed by atoms with Gasteiger partial charge in [0, 0.05) is 20.6 Å². The maximum absolute atomic E-state index is 13.1. The number of hydrogen-bond acceptors (Lipinski definition) is 4. The molecule has 0 aliphatic rings. The molecular formula is C19H13BrFN3S. The highest BCUT2D eigenvalue weighted by Gasteiger charge is 2.16. The van der Waals surface area contributed by atoms with Gasteiger partial charge in [-0.3, -0.25) is 0 Å². The molecule has 6 heteroatoms. The van der Waals surface area contributed by atoms with Crippen LogP contribution in [0.4, 0.5) is 15.9 Å². The third-order valence-corrected chi connectivity index (χ3v) is 5.45. The number of nitrogens with zero attached hydrogens (tertiary/aromatic N) is 2. The fraction of sp³-hybridized carbons (Fsp3) is 0.0526. The summed E-state index contributed by atoms with van der Waals surface area (Å²) in [5.74, 6) is 0.458. The Bertz CT molecular complexity index is 1040. The van der Waals surface area contributed by atoms with Crippen molar-refractivity contribution >= 4 is 49.0 Å². The van der Waals surface area contributed by atoms with E-state index in [9.17, 15) is 4.39 Å². The van der Waals surface area contributed by atoms with Crippen LogP contribution in [-0.2, 0) is 0 Å². The summed E-state index contributed by atoms with van der Waals surface area (Å²) in [6.07, 6.45) is 1.55. The average molecular weight is 414 g/mol. The van der Waals surface area contributed by atoms with E-state index >= 15 is 0 Å². The first-order chi connectivity index (χ1) is 12.1. The number of fused-ring (bicyclic) bond motifs is 1. The molecule has 0 fully saturated rings. The second kappa shape index (κ2) is 6.54. The third-order valence-electron chi connectivity index (χ3n) is 3.90. The Morgan fingerprint density at radius 1 is 1.00 bits per heavy atom. The first-order valence-electron chi connectivity index (χ1n) is 7.64. The van der Waals surface area contributed by atoms with Gasteiger partial charge < -0.3 is 5.32 Å². The van der Waals surface area contributed by atoms with Gasteiger partial charge in [-0.05, 0) is 48.9 Å². The predicted octanol–water partition coefficient (Wildman–Crippen LogP) is 6.31. The normalized spacial score (nSPS) is 11.0. The number of anilines is 2. The molecule has 0 spiro atoms. The van der Waals surface area contributed by atoms with Crippen LogP contribution in [0, 0.1) is 12.7 Å². The number of halogens is 2. The molecule has 4 aromatic rings. The van der Waals surface area contributed by atoms with E-state index in [0.717, 1.165) is 37.3 Å². The van der Waals surface area contributed by atoms with E-state index in [1.165, 1.54) is 17.0 Å². The first kappa shape index (κ1) is 16.2. The van der Waals surface area contributed by atoms with Crippen molar-refractivity contribution in [3.63, 3.8) is 0 Å². The lowest BCUT2D eigenvalue weighted by molar-refractivity contribution is 0.628. The van der Waals surface area contributed by atoms with Gasteiger partial charge in [0.05, 0.1) is 5.39 Å². The highest BCUT2D eigenvalue weighted by atomic mass is 79.9. The van der Waals surface area contributed by atoms with Crippen molar-refractivity contribution in [1.82, 2.24) is 9.97 Å². The van der Waals surface area contributed by atoms with Crippen molar-refractivity contribution in [3.8, 4) is 11.1 Å². The topological polar surface area (TPSA) is 37.8 Å². The Labute approximate surface area is 156 Å². The van der Waals surface area contributed by atoms with Crippen LogP contribution in [0.5, 0.6) is 0 Å². The summed E-state index contributed by atoms with van der Waals surface area (Å²) < 4.78 is 14.2. The van der Waals surface area contributed by atoms with Gasteiger partial charge in [0.1, 0.15) is 22.8 Å². The molecule has 1 N–H and O–H groups in total. The van der Waals surface area contributed by atoms with Gasteiger partial charge in [0.25, 0.3) is 0 Å². The molecule has 2 heterocycles. The molecule has 2 aromatic carbocycles. The van der Waals surface area contributed by atoms with E-state index in [4.69, 9.17) is 0 Å². The van der Waals surface area contributed by atoms with E-state index in [1.807, 2.05) is 12.1 Å². The van der Waals surface area contributed by atoms with Gasteiger partial charge in [-0.1, -0.05) is 28.1 Å². The molecular weight excluding hydrogens is 401 g/mol. The predicted molar refractivity (Wildman–Crippen MR) is 105 cm³/mol. The van der Waals surface area contributed by atoms with Crippen LogP contribution in [0.15, 0.2) is 59.3 Å². The zero-order valence-corrected chi connectivity index (χ0v) is 15.7. The lowest BCUT2D eigenvalue weighted by atomic mass is 10.0. The number of aryl methyl sites for hydroxylation is 1. The van der Waals surface area contributed by atoms with Crippen molar-refractivity contribution in [2.24, 2.45) is 0 Å². The molecule has 4 rings (SSSR count). The average Bonchev–Trinajstić information content (AvgIpc) is 2.95. The molecule has 0 aliphatic carbocycles. The Kier molecular flexibility index (Phi) is 4.23. The minimum absolute atomic E-state index is 0.264. The molecule has 25 heavy (non-hydrogen) atoms. The monoisotopic (exact) mass is 413 g/mol. The van der Waals surface area contributed by atoms with Crippen LogP contribution in [0.2, 0.25) is 0 Å². The van der Waals surface area contributed by atoms with Crippen molar-refractivity contribution in [3.05, 3.63) is 70.0 Å². The maximum Gasteiger partial charge on any atom is 0.143 e. The minimum Gasteiger partial charge on any atom is -0.340 e. The van der Waals surface area contributed by atoms with Gasteiger partial charge in [-0.2, -0.15) is 0 Å². The van der Waals surface area contributed by atoms with Crippen LogP contribution in [0.3, 0.4) is 0 Å². The summed E-state index contributed by atoms with van der Waals surface area (Å²) in [5, 5.41) is 4.27. The number of nitrogens with one attached hydrogen (secondary N) is 1. The van der Waals surface area contributed by atoms with Crippen molar-refractivity contribution in [1.29, 1.82) is 0 Å². The number of rotatable bonds is 3. The maximum atomic E-state index is 13.1. The van der Waals surface area contributed by atoms with Crippen LogP contribution < -0.4 is 5.32 Å². The number of thiophene rings is 1. The SMILES string of the molecule is Cc1sc2ncnc(Nc3ccc(F)cc3)c2c1-c1ccc(Br)cc1. The van der Waals surface area contributed by atoms with Crippen LogP contribution in [0.1, 0.15) is 4.88 Å². The molecule has 0 bridgehead atoms. The highest BCUT2D eigenvalue weighted by molar-refractivity contribution is 9.10. The van der Waals surface area contributed by atoms with E-state index < -0.39 is 0 Å². The second-order valence-electron chi connectivity index (χ2n) is 5.57. The van der Waals surface area contributed by atoms with Gasteiger partial charge in [-0.15, -0.1) is 11.3 Å². The number of hydrogen-bond donors (Lipinski definition) is 1. The summed E-state index contributed by atoms with van der Waals surface area (Å²) in [6, 6.07) is 14.4. The summed E-state index contributed by atoms with van der Waals surface area (Å²) in [5.41, 5.74) is 3.02. The van der Waals surface area contributed by atoms with Crippen molar-refractivity contribution < 1.29 is 4.39 Å². The molecule has 0 aliphatic heterocycles. The van der Waals surface area contributed by atoms with E-state index in [2.05, 4.69) is 50.3 Å². The Morgan fingerprint density at radius 2 is 1.72 bits per heavy atom. The van der Waals surface area contributed by atoms with Gasteiger partial charge in [-0.25, -0.2) is 14.4 Å².